The van der Waals surface area contributed by atoms with Gasteiger partial charge in [-0.15, -0.1) is 0 Å². The molecule has 2 aromatic rings. The van der Waals surface area contributed by atoms with Gasteiger partial charge in [-0.05, 0) is 41.2 Å². The van der Waals surface area contributed by atoms with E-state index in [2.05, 4.69) is 46.3 Å². The second-order valence-electron chi connectivity index (χ2n) is 10.7. The second-order valence-corrected chi connectivity index (χ2v) is 17.8. The van der Waals surface area contributed by atoms with Crippen LogP contribution in [0, 0.1) is 12.8 Å². The van der Waals surface area contributed by atoms with Crippen molar-refractivity contribution in [3.63, 3.8) is 0 Å². The summed E-state index contributed by atoms with van der Waals surface area (Å²) in [5.41, 5.74) is 2.26. The Balaban J connectivity index is 2.43. The van der Waals surface area contributed by atoms with Crippen molar-refractivity contribution >= 4 is 24.2 Å². The first-order chi connectivity index (χ1) is 17.2. The van der Waals surface area contributed by atoms with E-state index in [1.165, 1.54) is 12.1 Å². The Hall–Kier alpha value is -2.26. The van der Waals surface area contributed by atoms with Gasteiger partial charge < -0.3 is 9.53 Å². The third-order valence-corrected chi connectivity index (χ3v) is 14.5. The Kier molecular flexibility index (Phi) is 10.9. The van der Waals surface area contributed by atoms with Crippen molar-refractivity contribution in [2.75, 3.05) is 0 Å². The van der Waals surface area contributed by atoms with Gasteiger partial charge in [0.25, 0.3) is 15.9 Å². The predicted molar refractivity (Wildman–Crippen MR) is 152 cm³/mol. The van der Waals surface area contributed by atoms with E-state index < -0.39 is 36.5 Å². The molecule has 2 aromatic carbocycles. The van der Waals surface area contributed by atoms with Crippen molar-refractivity contribution in [2.24, 2.45) is 5.92 Å². The van der Waals surface area contributed by atoms with E-state index in [1.807, 2.05) is 44.2 Å². The molecule has 0 heterocycles. The number of aliphatic hydroxyl groups excluding tert-OH is 1. The van der Waals surface area contributed by atoms with E-state index in [4.69, 9.17) is 4.43 Å². The first-order valence-electron chi connectivity index (χ1n) is 12.9. The van der Waals surface area contributed by atoms with Gasteiger partial charge in [-0.25, -0.2) is 13.1 Å². The first-order valence-corrected chi connectivity index (χ1v) is 16.6. The summed E-state index contributed by atoms with van der Waals surface area (Å²) in [4.78, 5) is 13.5. The van der Waals surface area contributed by atoms with Gasteiger partial charge in [0, 0.05) is 5.92 Å². The zero-order valence-electron chi connectivity index (χ0n) is 23.3. The van der Waals surface area contributed by atoms with E-state index in [0.29, 0.717) is 0 Å². The van der Waals surface area contributed by atoms with Crippen LogP contribution in [0.4, 0.5) is 0 Å². The fraction of sp³-hybridized carbons (Fsp3) is 0.483. The summed E-state index contributed by atoms with van der Waals surface area (Å²) in [7, 11) is -6.63. The number of hydrogen-bond acceptors (Lipinski definition) is 5. The fourth-order valence-electron chi connectivity index (χ4n) is 5.11. The summed E-state index contributed by atoms with van der Waals surface area (Å²) in [6.07, 6.45) is 1.44. The van der Waals surface area contributed by atoms with Gasteiger partial charge >= 0.3 is 0 Å². The Bertz CT molecular complexity index is 1120. The van der Waals surface area contributed by atoms with Crippen LogP contribution in [0.3, 0.4) is 0 Å². The second kappa shape index (κ2) is 13.0. The molecule has 0 unspecified atom stereocenters. The molecule has 0 bridgehead atoms. The average molecular weight is 546 g/mol. The molecule has 0 saturated heterocycles. The number of nitrogens with one attached hydrogen (secondary N) is 1. The molecule has 8 heteroatoms. The maximum Gasteiger partial charge on any atom is 0.265 e. The molecule has 0 spiro atoms. The molecule has 0 aliphatic carbocycles. The highest BCUT2D eigenvalue weighted by molar-refractivity contribution is 7.90. The van der Waals surface area contributed by atoms with Crippen molar-refractivity contribution in [3.05, 3.63) is 77.9 Å². The highest BCUT2D eigenvalue weighted by atomic mass is 32.2. The van der Waals surface area contributed by atoms with Crippen LogP contribution in [-0.4, -0.2) is 33.9 Å². The number of amides is 1. The minimum Gasteiger partial charge on any atom is -0.401 e. The smallest absolute Gasteiger partial charge is 0.265 e. The SMILES string of the molecule is Cc1ccc(S(=O)(=O)NC(=O)[C@@H](/C=C\[C@@H](C)[C@H](O)c2ccccc2)O[Si](C(C)C)(C(C)C)C(C)C)cc1. The normalized spacial score (nSPS) is 15.4. The van der Waals surface area contributed by atoms with Crippen LogP contribution >= 0.6 is 0 Å². The minimum absolute atomic E-state index is 0.0159. The Morgan fingerprint density at radius 1 is 0.865 bits per heavy atom. The molecule has 0 saturated carbocycles. The average Bonchev–Trinajstić information content (AvgIpc) is 2.83. The number of benzene rings is 2. The lowest BCUT2D eigenvalue weighted by Crippen LogP contribution is -2.53. The van der Waals surface area contributed by atoms with Crippen LogP contribution in [0.25, 0.3) is 0 Å². The van der Waals surface area contributed by atoms with Gasteiger partial charge in [0.2, 0.25) is 8.32 Å². The molecule has 37 heavy (non-hydrogen) atoms. The van der Waals surface area contributed by atoms with Crippen molar-refractivity contribution in [3.8, 4) is 0 Å². The van der Waals surface area contributed by atoms with Crippen molar-refractivity contribution in [1.29, 1.82) is 0 Å². The molecule has 0 fully saturated rings. The standard InChI is InChI=1S/C29H43NO5SSi/c1-20(2)37(21(3)4,22(5)6)35-27(19-16-24(8)28(31)25-12-10-9-11-13-25)29(32)30-36(33,34)26-17-14-23(7)15-18-26/h9-22,24,27-28,31H,1-8H3,(H,30,32)/b19-16-/t24-,27-,28+/m1/s1. The summed E-state index contributed by atoms with van der Waals surface area (Å²) >= 11 is 0. The van der Waals surface area contributed by atoms with E-state index in [-0.39, 0.29) is 27.4 Å². The molecule has 6 nitrogen and oxygen atoms in total. The van der Waals surface area contributed by atoms with Crippen LogP contribution in [0.1, 0.15) is 65.7 Å². The van der Waals surface area contributed by atoms with E-state index >= 15 is 0 Å². The van der Waals surface area contributed by atoms with Gasteiger partial charge in [-0.1, -0.05) is 109 Å². The molecule has 0 radical (unpaired) electrons. The van der Waals surface area contributed by atoms with Gasteiger partial charge in [0.15, 0.2) is 0 Å². The van der Waals surface area contributed by atoms with Gasteiger partial charge in [0.1, 0.15) is 6.10 Å². The van der Waals surface area contributed by atoms with Crippen LogP contribution in [0.15, 0.2) is 71.6 Å². The summed E-state index contributed by atoms with van der Waals surface area (Å²) in [5, 5.41) is 10.8. The van der Waals surface area contributed by atoms with Crippen LogP contribution < -0.4 is 4.72 Å². The summed E-state index contributed by atoms with van der Waals surface area (Å²) < 4.78 is 35.0. The van der Waals surface area contributed by atoms with Gasteiger partial charge in [-0.3, -0.25) is 4.79 Å². The third kappa shape index (κ3) is 7.63. The van der Waals surface area contributed by atoms with E-state index in [0.717, 1.165) is 11.1 Å². The fourth-order valence-corrected chi connectivity index (χ4v) is 11.5. The van der Waals surface area contributed by atoms with Gasteiger partial charge in [-0.2, -0.15) is 0 Å². The predicted octanol–water partition coefficient (Wildman–Crippen LogP) is 6.29. The molecule has 204 valence electrons. The highest BCUT2D eigenvalue weighted by Crippen LogP contribution is 2.43. The largest absolute Gasteiger partial charge is 0.401 e. The third-order valence-electron chi connectivity index (χ3n) is 7.09. The number of carbonyl (C=O) groups excluding carboxylic acids is 1. The van der Waals surface area contributed by atoms with Crippen molar-refractivity contribution in [2.45, 2.75) is 89.1 Å². The van der Waals surface area contributed by atoms with E-state index in [9.17, 15) is 18.3 Å². The molecule has 0 aromatic heterocycles. The van der Waals surface area contributed by atoms with E-state index in [1.54, 1.807) is 24.3 Å². The molecule has 0 aliphatic heterocycles. The molecule has 2 N–H and O–H groups in total. The molecule has 0 aliphatic rings. The zero-order chi connectivity index (χ0) is 28.0. The lowest BCUT2D eigenvalue weighted by molar-refractivity contribution is -0.124. The molecule has 2 rings (SSSR count). The van der Waals surface area contributed by atoms with Crippen LogP contribution in [0.5, 0.6) is 0 Å². The topological polar surface area (TPSA) is 92.7 Å². The van der Waals surface area contributed by atoms with Crippen molar-refractivity contribution in [1.82, 2.24) is 4.72 Å². The Morgan fingerprint density at radius 2 is 1.38 bits per heavy atom. The minimum atomic E-state index is -4.08. The number of sulfonamides is 1. The molecule has 3 atom stereocenters. The lowest BCUT2D eigenvalue weighted by atomic mass is 9.96. The van der Waals surface area contributed by atoms with Gasteiger partial charge in [0.05, 0.1) is 11.0 Å². The first kappa shape index (κ1) is 31.0. The Morgan fingerprint density at radius 3 is 1.86 bits per heavy atom. The number of aliphatic hydroxyl groups is 1. The number of aryl methyl sites for hydroxylation is 1. The maximum absolute atomic E-state index is 13.5. The summed E-state index contributed by atoms with van der Waals surface area (Å²) in [6.45, 7) is 16.4. The summed E-state index contributed by atoms with van der Waals surface area (Å²) in [6, 6.07) is 15.6. The lowest BCUT2D eigenvalue weighted by Gasteiger charge is -2.43. The summed E-state index contributed by atoms with van der Waals surface area (Å²) in [5.74, 6) is -1.07. The van der Waals surface area contributed by atoms with Crippen molar-refractivity contribution < 1.29 is 22.7 Å². The highest BCUT2D eigenvalue weighted by Gasteiger charge is 2.47. The molecule has 1 amide bonds. The number of carbonyl (C=O) groups is 1. The quantitative estimate of drug-likeness (QED) is 0.242. The Labute approximate surface area is 224 Å². The number of hydrogen-bond donors (Lipinski definition) is 2. The zero-order valence-corrected chi connectivity index (χ0v) is 25.1. The van der Waals surface area contributed by atoms with Crippen LogP contribution in [-0.2, 0) is 19.2 Å². The molecular weight excluding hydrogens is 502 g/mol. The monoisotopic (exact) mass is 545 g/mol. The number of rotatable bonds is 12. The van der Waals surface area contributed by atoms with Crippen LogP contribution in [0.2, 0.25) is 16.6 Å². The maximum atomic E-state index is 13.5. The molecular formula is C29H43NO5SSi.